The van der Waals surface area contributed by atoms with Gasteiger partial charge < -0.3 is 4.98 Å². The molecule has 2 nitrogen and oxygen atoms in total. The molecule has 0 aliphatic heterocycles. The van der Waals surface area contributed by atoms with Crippen LogP contribution in [-0.4, -0.2) is 10.8 Å². The van der Waals surface area contributed by atoms with Gasteiger partial charge in [-0.2, -0.15) is 0 Å². The van der Waals surface area contributed by atoms with Crippen molar-refractivity contribution in [2.45, 2.75) is 6.92 Å². The molecular weight excluding hydrogens is 270 g/mol. The average molecular weight is 287 g/mol. The molecule has 0 aliphatic carbocycles. The molecule has 1 aromatic heterocycles. The minimum absolute atomic E-state index is 0.0478. The highest BCUT2D eigenvalue weighted by atomic mass is 16.1. The van der Waals surface area contributed by atoms with Gasteiger partial charge in [0.25, 0.3) is 0 Å². The summed E-state index contributed by atoms with van der Waals surface area (Å²) in [5.41, 5.74) is 2.13. The number of carbonyl (C=O) groups excluding carboxylic acids is 1. The Morgan fingerprint density at radius 3 is 2.73 bits per heavy atom. The van der Waals surface area contributed by atoms with Gasteiger partial charge in [-0.05, 0) is 29.8 Å². The Hall–Kier alpha value is -2.87. The topological polar surface area (TPSA) is 32.9 Å². The van der Waals surface area contributed by atoms with E-state index in [9.17, 15) is 4.79 Å². The summed E-state index contributed by atoms with van der Waals surface area (Å²) in [4.78, 5) is 15.8. The monoisotopic (exact) mass is 287 g/mol. The predicted octanol–water partition coefficient (Wildman–Crippen LogP) is 5.19. The molecule has 0 radical (unpaired) electrons. The summed E-state index contributed by atoms with van der Waals surface area (Å²) in [6, 6.07) is 14.2. The molecule has 0 aliphatic rings. The summed E-state index contributed by atoms with van der Waals surface area (Å²) in [5, 5.41) is 3.38. The maximum absolute atomic E-state index is 12.6. The van der Waals surface area contributed by atoms with Crippen molar-refractivity contribution < 1.29 is 4.79 Å². The van der Waals surface area contributed by atoms with E-state index >= 15 is 0 Å². The lowest BCUT2D eigenvalue weighted by atomic mass is 10.1. The lowest BCUT2D eigenvalue weighted by molar-refractivity contribution is 0.103. The fraction of sp³-hybridized carbons (Fsp3) is 0.0500. The maximum Gasteiger partial charge on any atom is 0.209 e. The first-order valence-electron chi connectivity index (χ1n) is 7.25. The summed E-state index contributed by atoms with van der Waals surface area (Å²) >= 11 is 0. The average Bonchev–Trinajstić information content (AvgIpc) is 3.00. The van der Waals surface area contributed by atoms with Gasteiger partial charge in [0.05, 0.1) is 5.69 Å². The molecule has 2 heteroatoms. The van der Waals surface area contributed by atoms with E-state index < -0.39 is 0 Å². The summed E-state index contributed by atoms with van der Waals surface area (Å²) in [7, 11) is 0. The predicted molar refractivity (Wildman–Crippen MR) is 93.2 cm³/mol. The van der Waals surface area contributed by atoms with Crippen LogP contribution in [-0.2, 0) is 0 Å². The lowest BCUT2D eigenvalue weighted by Gasteiger charge is -1.97. The Morgan fingerprint density at radius 1 is 1.14 bits per heavy atom. The summed E-state index contributed by atoms with van der Waals surface area (Å²) < 4.78 is 0. The molecule has 0 bridgehead atoms. The summed E-state index contributed by atoms with van der Waals surface area (Å²) in [6.07, 6.45) is 7.09. The molecule has 1 N–H and O–H groups in total. The second kappa shape index (κ2) is 5.86. The lowest BCUT2D eigenvalue weighted by Crippen LogP contribution is -2.01. The van der Waals surface area contributed by atoms with E-state index in [-0.39, 0.29) is 5.78 Å². The first-order valence-corrected chi connectivity index (χ1v) is 7.25. The highest BCUT2D eigenvalue weighted by molar-refractivity contribution is 6.15. The number of carbonyl (C=O) groups is 1. The summed E-state index contributed by atoms with van der Waals surface area (Å²) in [5.74, 6) is -0.0478. The highest BCUT2D eigenvalue weighted by Gasteiger charge is 2.13. The zero-order valence-electron chi connectivity index (χ0n) is 12.5. The fourth-order valence-corrected chi connectivity index (χ4v) is 2.60. The first kappa shape index (κ1) is 14.1. The second-order valence-corrected chi connectivity index (χ2v) is 5.11. The third kappa shape index (κ3) is 2.40. The van der Waals surface area contributed by atoms with Gasteiger partial charge in [-0.3, -0.25) is 4.79 Å². The van der Waals surface area contributed by atoms with Crippen molar-refractivity contribution in [3.8, 4) is 0 Å². The van der Waals surface area contributed by atoms with E-state index in [4.69, 9.17) is 0 Å². The number of Topliss-reactive ketones (excluding diaryl/α,β-unsaturated/α-hetero) is 1. The van der Waals surface area contributed by atoms with Crippen molar-refractivity contribution in [2.24, 2.45) is 0 Å². The number of hydrogen-bond acceptors (Lipinski definition) is 1. The van der Waals surface area contributed by atoms with Crippen LogP contribution in [0, 0.1) is 0 Å². The Bertz CT molecular complexity index is 925. The van der Waals surface area contributed by atoms with E-state index in [1.54, 1.807) is 12.2 Å². The van der Waals surface area contributed by atoms with Crippen LogP contribution in [0.4, 0.5) is 0 Å². The standard InChI is InChI=1S/C20H17NO/c1-3-5-8-14(4-2)20(22)19-13-17-16-10-7-6-9-15(16)11-12-18(17)21-19/h3-13,21H,2H2,1H3. The minimum Gasteiger partial charge on any atom is -0.352 e. The number of hydrogen-bond donors (Lipinski definition) is 1. The quantitative estimate of drug-likeness (QED) is 0.399. The number of allylic oxidation sites excluding steroid dienone is 5. The second-order valence-electron chi connectivity index (χ2n) is 5.11. The molecule has 0 saturated carbocycles. The number of aromatic amines is 1. The van der Waals surface area contributed by atoms with Crippen molar-refractivity contribution in [1.82, 2.24) is 4.98 Å². The van der Waals surface area contributed by atoms with E-state index in [2.05, 4.69) is 29.8 Å². The Morgan fingerprint density at radius 2 is 1.95 bits per heavy atom. The van der Waals surface area contributed by atoms with Crippen molar-refractivity contribution in [1.29, 1.82) is 0 Å². The van der Waals surface area contributed by atoms with Crippen molar-refractivity contribution >= 4 is 27.5 Å². The van der Waals surface area contributed by atoms with Crippen molar-refractivity contribution in [3.63, 3.8) is 0 Å². The molecule has 0 amide bonds. The van der Waals surface area contributed by atoms with Gasteiger partial charge in [0.1, 0.15) is 0 Å². The molecule has 1 heterocycles. The summed E-state index contributed by atoms with van der Waals surface area (Å²) in [6.45, 7) is 5.64. The normalized spacial score (nSPS) is 12.3. The van der Waals surface area contributed by atoms with Crippen LogP contribution in [0.5, 0.6) is 0 Å². The third-order valence-corrected chi connectivity index (χ3v) is 3.72. The van der Waals surface area contributed by atoms with Crippen LogP contribution in [0.2, 0.25) is 0 Å². The van der Waals surface area contributed by atoms with E-state index in [0.29, 0.717) is 11.3 Å². The third-order valence-electron chi connectivity index (χ3n) is 3.72. The number of rotatable bonds is 4. The molecule has 3 rings (SSSR count). The Kier molecular flexibility index (Phi) is 3.75. The molecular formula is C20H17NO. The zero-order chi connectivity index (χ0) is 15.5. The van der Waals surface area contributed by atoms with Crippen molar-refractivity contribution in [2.75, 3.05) is 0 Å². The number of fused-ring (bicyclic) bond motifs is 3. The molecule has 0 unspecified atom stereocenters. The van der Waals surface area contributed by atoms with Gasteiger partial charge in [0.15, 0.2) is 0 Å². The van der Waals surface area contributed by atoms with Crippen molar-refractivity contribution in [3.05, 3.63) is 84.6 Å². The molecule has 0 atom stereocenters. The largest absolute Gasteiger partial charge is 0.352 e. The molecule has 0 spiro atoms. The van der Waals surface area contributed by atoms with E-state index in [1.807, 2.05) is 43.3 Å². The number of nitrogens with one attached hydrogen (secondary N) is 1. The van der Waals surface area contributed by atoms with E-state index in [1.165, 1.54) is 5.39 Å². The maximum atomic E-state index is 12.6. The highest BCUT2D eigenvalue weighted by Crippen LogP contribution is 2.26. The molecule has 0 fully saturated rings. The van der Waals surface area contributed by atoms with Gasteiger partial charge >= 0.3 is 0 Å². The van der Waals surface area contributed by atoms with Crippen LogP contribution in [0.3, 0.4) is 0 Å². The van der Waals surface area contributed by atoms with Gasteiger partial charge in [-0.1, -0.05) is 61.2 Å². The van der Waals surface area contributed by atoms with Crippen LogP contribution in [0.1, 0.15) is 17.4 Å². The van der Waals surface area contributed by atoms with Gasteiger partial charge in [-0.25, -0.2) is 0 Å². The van der Waals surface area contributed by atoms with Crippen LogP contribution in [0.15, 0.2) is 78.9 Å². The fourth-order valence-electron chi connectivity index (χ4n) is 2.60. The number of aromatic nitrogens is 1. The van der Waals surface area contributed by atoms with Gasteiger partial charge in [0, 0.05) is 16.5 Å². The molecule has 2 aromatic carbocycles. The Labute approximate surface area is 129 Å². The van der Waals surface area contributed by atoms with Gasteiger partial charge in [-0.15, -0.1) is 0 Å². The molecule has 0 saturated heterocycles. The first-order chi connectivity index (χ1) is 10.7. The molecule has 22 heavy (non-hydrogen) atoms. The molecule has 108 valence electrons. The van der Waals surface area contributed by atoms with Crippen LogP contribution < -0.4 is 0 Å². The smallest absolute Gasteiger partial charge is 0.209 e. The SMILES string of the molecule is C=CC(=CC=CC)C(=O)c1cc2c(ccc3ccccc32)[nH]1. The zero-order valence-corrected chi connectivity index (χ0v) is 12.5. The van der Waals surface area contributed by atoms with E-state index in [0.717, 1.165) is 16.3 Å². The number of ketones is 1. The van der Waals surface area contributed by atoms with Gasteiger partial charge in [0.2, 0.25) is 5.78 Å². The number of benzene rings is 2. The van der Waals surface area contributed by atoms with Crippen LogP contribution in [0.25, 0.3) is 21.7 Å². The minimum atomic E-state index is -0.0478. The number of H-pyrrole nitrogens is 1. The Balaban J connectivity index is 2.14. The van der Waals surface area contributed by atoms with Crippen LogP contribution >= 0.6 is 0 Å². The molecule has 3 aromatic rings.